The molecule has 0 saturated carbocycles. The van der Waals surface area contributed by atoms with E-state index in [1.807, 2.05) is 48.7 Å². The van der Waals surface area contributed by atoms with E-state index < -0.39 is 0 Å². The molecule has 5 nitrogen and oxygen atoms in total. The number of hydrogen-bond donors (Lipinski definition) is 1. The first-order valence-corrected chi connectivity index (χ1v) is 9.66. The van der Waals surface area contributed by atoms with Gasteiger partial charge >= 0.3 is 0 Å². The van der Waals surface area contributed by atoms with Crippen molar-refractivity contribution in [1.29, 1.82) is 0 Å². The van der Waals surface area contributed by atoms with Gasteiger partial charge in [-0.25, -0.2) is 9.97 Å². The van der Waals surface area contributed by atoms with Crippen molar-refractivity contribution >= 4 is 50.2 Å². The Kier molecular flexibility index (Phi) is 4.42. The molecule has 1 aromatic carbocycles. The first kappa shape index (κ1) is 16.1. The molecule has 1 atom stereocenters. The van der Waals surface area contributed by atoms with Gasteiger partial charge in [0.05, 0.1) is 11.8 Å². The Morgan fingerprint density at radius 2 is 2.20 bits per heavy atom. The van der Waals surface area contributed by atoms with E-state index >= 15 is 0 Å². The van der Waals surface area contributed by atoms with Crippen molar-refractivity contribution in [2.45, 2.75) is 18.0 Å². The summed E-state index contributed by atoms with van der Waals surface area (Å²) in [6, 6.07) is 11.6. The number of thiophene rings is 1. The summed E-state index contributed by atoms with van der Waals surface area (Å²) < 4.78 is 5.80. The highest BCUT2D eigenvalue weighted by Crippen LogP contribution is 2.28. The van der Waals surface area contributed by atoms with Gasteiger partial charge in [0.2, 0.25) is 5.91 Å². The second kappa shape index (κ2) is 6.85. The Labute approximate surface area is 152 Å². The molecule has 0 aliphatic heterocycles. The number of nitrogens with one attached hydrogen (secondary N) is 1. The normalized spacial score (nSPS) is 12.5. The third-order valence-corrected chi connectivity index (χ3v) is 5.64. The Hall–Kier alpha value is -2.38. The fourth-order valence-electron chi connectivity index (χ4n) is 2.59. The molecule has 126 valence electrons. The summed E-state index contributed by atoms with van der Waals surface area (Å²) >= 11 is 2.99. The van der Waals surface area contributed by atoms with Crippen LogP contribution in [0.25, 0.3) is 21.2 Å². The van der Waals surface area contributed by atoms with Gasteiger partial charge in [-0.15, -0.1) is 11.3 Å². The molecule has 4 aromatic rings. The summed E-state index contributed by atoms with van der Waals surface area (Å²) in [6.45, 7) is 1.92. The van der Waals surface area contributed by atoms with Gasteiger partial charge in [0.1, 0.15) is 27.5 Å². The number of para-hydroxylation sites is 1. The van der Waals surface area contributed by atoms with Crippen LogP contribution < -0.4 is 5.32 Å². The van der Waals surface area contributed by atoms with Gasteiger partial charge in [-0.05, 0) is 30.5 Å². The van der Waals surface area contributed by atoms with Crippen LogP contribution in [0.4, 0.5) is 0 Å². The number of amides is 1. The molecular weight excluding hydrogens is 354 g/mol. The molecule has 0 saturated heterocycles. The fourth-order valence-corrected chi connectivity index (χ4v) is 4.18. The standard InChI is InChI=1S/C18H15N3O2S2/c1-11(15-8-12-4-2-3-5-14(12)23-15)21-16(22)9-25-18-13-6-7-24-17(13)19-10-20-18/h2-8,10-11H,9H2,1H3,(H,21,22). The minimum atomic E-state index is -0.188. The van der Waals surface area contributed by atoms with Crippen molar-refractivity contribution in [1.82, 2.24) is 15.3 Å². The van der Waals surface area contributed by atoms with Crippen LogP contribution >= 0.6 is 23.1 Å². The Morgan fingerprint density at radius 1 is 1.32 bits per heavy atom. The van der Waals surface area contributed by atoms with Crippen LogP contribution in [0.15, 0.2) is 57.5 Å². The molecule has 3 heterocycles. The average molecular weight is 369 g/mol. The smallest absolute Gasteiger partial charge is 0.230 e. The predicted octanol–water partition coefficient (Wildman–Crippen LogP) is 4.41. The van der Waals surface area contributed by atoms with Crippen molar-refractivity contribution in [3.63, 3.8) is 0 Å². The molecule has 1 unspecified atom stereocenters. The second-order valence-corrected chi connectivity index (χ2v) is 7.44. The lowest BCUT2D eigenvalue weighted by molar-refractivity contribution is -0.119. The zero-order valence-electron chi connectivity index (χ0n) is 13.4. The van der Waals surface area contributed by atoms with Crippen LogP contribution in [0, 0.1) is 0 Å². The number of rotatable bonds is 5. The van der Waals surface area contributed by atoms with Crippen LogP contribution in [0.3, 0.4) is 0 Å². The van der Waals surface area contributed by atoms with E-state index in [1.165, 1.54) is 18.1 Å². The van der Waals surface area contributed by atoms with E-state index in [2.05, 4.69) is 15.3 Å². The zero-order chi connectivity index (χ0) is 17.2. The lowest BCUT2D eigenvalue weighted by atomic mass is 10.2. The molecule has 7 heteroatoms. The molecule has 4 rings (SSSR count). The van der Waals surface area contributed by atoms with Crippen LogP contribution in [-0.2, 0) is 4.79 Å². The fraction of sp³-hybridized carbons (Fsp3) is 0.167. The quantitative estimate of drug-likeness (QED) is 0.417. The number of nitrogens with zero attached hydrogens (tertiary/aromatic N) is 2. The second-order valence-electron chi connectivity index (χ2n) is 5.58. The first-order valence-electron chi connectivity index (χ1n) is 7.79. The highest BCUT2D eigenvalue weighted by molar-refractivity contribution is 8.00. The summed E-state index contributed by atoms with van der Waals surface area (Å²) in [5, 5.41) is 7.82. The van der Waals surface area contributed by atoms with Crippen LogP contribution in [0.1, 0.15) is 18.7 Å². The van der Waals surface area contributed by atoms with Gasteiger partial charge in [-0.1, -0.05) is 30.0 Å². The lowest BCUT2D eigenvalue weighted by Gasteiger charge is -2.11. The third kappa shape index (κ3) is 3.38. The number of benzene rings is 1. The van der Waals surface area contributed by atoms with Crippen molar-refractivity contribution < 1.29 is 9.21 Å². The van der Waals surface area contributed by atoms with Crippen molar-refractivity contribution in [2.24, 2.45) is 0 Å². The minimum Gasteiger partial charge on any atom is -0.459 e. The van der Waals surface area contributed by atoms with E-state index in [0.29, 0.717) is 5.75 Å². The highest BCUT2D eigenvalue weighted by atomic mass is 32.2. The first-order chi connectivity index (χ1) is 12.2. The zero-order valence-corrected chi connectivity index (χ0v) is 15.1. The van der Waals surface area contributed by atoms with Crippen LogP contribution in [0.2, 0.25) is 0 Å². The Bertz CT molecular complexity index is 1010. The van der Waals surface area contributed by atoms with Gasteiger partial charge in [0, 0.05) is 10.8 Å². The van der Waals surface area contributed by atoms with Crippen molar-refractivity contribution in [3.8, 4) is 0 Å². The number of thioether (sulfide) groups is 1. The maximum atomic E-state index is 12.3. The highest BCUT2D eigenvalue weighted by Gasteiger charge is 2.15. The molecular formula is C18H15N3O2S2. The predicted molar refractivity (Wildman–Crippen MR) is 101 cm³/mol. The molecule has 1 amide bonds. The molecule has 3 aromatic heterocycles. The van der Waals surface area contributed by atoms with E-state index in [4.69, 9.17) is 4.42 Å². The summed E-state index contributed by atoms with van der Waals surface area (Å²) in [7, 11) is 0. The number of carbonyl (C=O) groups is 1. The van der Waals surface area contributed by atoms with Gasteiger partial charge in [0.15, 0.2) is 0 Å². The molecule has 0 fully saturated rings. The topological polar surface area (TPSA) is 68.0 Å². The number of carbonyl (C=O) groups excluding carboxylic acids is 1. The number of aromatic nitrogens is 2. The van der Waals surface area contributed by atoms with Gasteiger partial charge in [-0.2, -0.15) is 0 Å². The number of fused-ring (bicyclic) bond motifs is 2. The van der Waals surface area contributed by atoms with Gasteiger partial charge < -0.3 is 9.73 Å². The van der Waals surface area contributed by atoms with Crippen molar-refractivity contribution in [2.75, 3.05) is 5.75 Å². The molecule has 0 spiro atoms. The van der Waals surface area contributed by atoms with E-state index in [-0.39, 0.29) is 11.9 Å². The Morgan fingerprint density at radius 3 is 3.08 bits per heavy atom. The lowest BCUT2D eigenvalue weighted by Crippen LogP contribution is -2.27. The van der Waals surface area contributed by atoms with E-state index in [0.717, 1.165) is 32.0 Å². The summed E-state index contributed by atoms with van der Waals surface area (Å²) in [5.41, 5.74) is 0.828. The summed E-state index contributed by atoms with van der Waals surface area (Å²) in [4.78, 5) is 21.7. The van der Waals surface area contributed by atoms with Crippen LogP contribution in [-0.4, -0.2) is 21.6 Å². The molecule has 0 aliphatic carbocycles. The van der Waals surface area contributed by atoms with Crippen molar-refractivity contribution in [3.05, 3.63) is 53.9 Å². The molecule has 25 heavy (non-hydrogen) atoms. The molecule has 0 bridgehead atoms. The maximum Gasteiger partial charge on any atom is 0.230 e. The third-order valence-electron chi connectivity index (χ3n) is 3.81. The van der Waals surface area contributed by atoms with E-state index in [9.17, 15) is 4.79 Å². The van der Waals surface area contributed by atoms with E-state index in [1.54, 1.807) is 11.3 Å². The molecule has 0 radical (unpaired) electrons. The van der Waals surface area contributed by atoms with Gasteiger partial charge in [0.25, 0.3) is 0 Å². The van der Waals surface area contributed by atoms with Crippen LogP contribution in [0.5, 0.6) is 0 Å². The summed E-state index contributed by atoms with van der Waals surface area (Å²) in [5.74, 6) is 0.994. The number of hydrogen-bond acceptors (Lipinski definition) is 6. The van der Waals surface area contributed by atoms with Gasteiger partial charge in [-0.3, -0.25) is 4.79 Å². The monoisotopic (exact) mass is 369 g/mol. The average Bonchev–Trinajstić information content (AvgIpc) is 3.26. The molecule has 1 N–H and O–H groups in total. The molecule has 0 aliphatic rings. The Balaban J connectivity index is 1.40. The largest absolute Gasteiger partial charge is 0.459 e. The minimum absolute atomic E-state index is 0.0556. The summed E-state index contributed by atoms with van der Waals surface area (Å²) in [6.07, 6.45) is 1.54. The number of furan rings is 1. The SMILES string of the molecule is CC(NC(=O)CSc1ncnc2sccc12)c1cc2ccccc2o1. The maximum absolute atomic E-state index is 12.3.